The minimum Gasteiger partial charge on any atom is -0.813 e. The van der Waals surface area contributed by atoms with Crippen molar-refractivity contribution in [3.8, 4) is 0 Å². The molecule has 6 aliphatic rings. The number of carbonyl (C=O) groups is 10. The van der Waals surface area contributed by atoms with Crippen LogP contribution in [0.1, 0.15) is 146 Å². The van der Waals surface area contributed by atoms with Gasteiger partial charge >= 0.3 is 86.8 Å². The molecule has 552 valence electrons. The van der Waals surface area contributed by atoms with E-state index in [-0.39, 0.29) is 144 Å². The predicted octanol–water partition coefficient (Wildman–Crippen LogP) is 1.75. The monoisotopic (exact) mass is 1470 g/mol. The number of aromatic nitrogens is 6. The minimum atomic E-state index is -4.64. The molecule has 9 heterocycles. The standard InChI is InChI=1S/C23H31N5O5.C18H23N5O3.C14H13N3O4.C10H19NO2.C2HF3O.CH4.K.H2S/c1-23(2,3)33-22(32)27-11-9-26(10-12-27)14-15-5-6-16-18(13-15)25(4)21(31)28(16)17-7-8-19(29)24-20(17)30;1-21-15-10-12(11-22-8-6-19-7-9-22)2-3-13(15)23(18(21)26)14-4-5-16(24)20-17(14)25;1-16-11-6-8(7-18)2-3-9(11)17(14(16)21)10-4-5-12(19)15-13(10)20;1-10(2,3)13-9(12)11-7-5-4-6-8-11;3-2(4,5)1-6;;;/h5-6,13,17H,7-12,14H2,1-4H3,(H,24,29,30);2-3,10,14,19H,4-9,11H2,1H3,(H,20,24,25);2-3,6-7,10H,4-5H2,1H3,(H,15,19,20);4-8H2,1-3H3;1H;1H4;;1H2/q;;;;;;+1;/p-1. The summed E-state index contributed by atoms with van der Waals surface area (Å²) in [5.41, 5.74) is 5.04. The van der Waals surface area contributed by atoms with Crippen LogP contribution in [0.5, 0.6) is 0 Å². The van der Waals surface area contributed by atoms with Crippen LogP contribution < -0.4 is 89.7 Å². The second-order valence-electron chi connectivity index (χ2n) is 27.0. The number of imidazole rings is 3. The Bertz CT molecular complexity index is 4240. The zero-order chi connectivity index (χ0) is 72.4. The minimum absolute atomic E-state index is 0. The molecule has 29 nitrogen and oxygen atoms in total. The largest absolute Gasteiger partial charge is 1.00 e. The Balaban J connectivity index is 0.000000245. The zero-order valence-corrected chi connectivity index (χ0v) is 62.6. The number of aldehydes is 2. The van der Waals surface area contributed by atoms with Crippen LogP contribution in [0.15, 0.2) is 69.0 Å². The molecule has 6 aliphatic heterocycles. The van der Waals surface area contributed by atoms with Crippen molar-refractivity contribution in [2.24, 2.45) is 21.1 Å². The van der Waals surface area contributed by atoms with Crippen LogP contribution in [0.25, 0.3) is 33.1 Å². The number of benzene rings is 3. The van der Waals surface area contributed by atoms with Crippen molar-refractivity contribution >= 4 is 107 Å². The molecule has 0 radical (unpaired) electrons. The maximum atomic E-state index is 12.9. The van der Waals surface area contributed by atoms with E-state index in [0.717, 1.165) is 99.4 Å². The molecular formula is C68H92F3KN14O15S. The molecule has 3 atom stereocenters. The van der Waals surface area contributed by atoms with Crippen LogP contribution in [-0.2, 0) is 90.8 Å². The van der Waals surface area contributed by atoms with Crippen molar-refractivity contribution in [1.82, 2.24) is 68.3 Å². The van der Waals surface area contributed by atoms with Gasteiger partial charge in [-0.25, -0.2) is 24.0 Å². The van der Waals surface area contributed by atoms with Crippen molar-refractivity contribution in [2.75, 3.05) is 65.4 Å². The molecule has 0 spiro atoms. The van der Waals surface area contributed by atoms with E-state index in [1.165, 1.54) is 24.7 Å². The van der Waals surface area contributed by atoms with E-state index in [1.54, 1.807) is 58.3 Å². The van der Waals surface area contributed by atoms with E-state index in [1.807, 2.05) is 77.9 Å². The fourth-order valence-corrected chi connectivity index (χ4v) is 12.4. The molecule has 102 heavy (non-hydrogen) atoms. The third-order valence-electron chi connectivity index (χ3n) is 17.3. The number of nitrogens with one attached hydrogen (secondary N) is 4. The van der Waals surface area contributed by atoms with Gasteiger partial charge in [-0.05, 0) is 134 Å². The van der Waals surface area contributed by atoms with Crippen molar-refractivity contribution in [3.63, 3.8) is 0 Å². The number of amides is 8. The Morgan fingerprint density at radius 2 is 0.824 bits per heavy atom. The molecule has 0 saturated carbocycles. The van der Waals surface area contributed by atoms with Crippen LogP contribution >= 0.6 is 0 Å². The first-order valence-corrected chi connectivity index (χ1v) is 32.9. The van der Waals surface area contributed by atoms with Crippen LogP contribution in [0.3, 0.4) is 0 Å². The average Bonchev–Trinajstić information content (AvgIpc) is 1.62. The van der Waals surface area contributed by atoms with E-state index in [9.17, 15) is 70.7 Å². The number of thiol groups is 1. The number of imide groups is 3. The number of alkyl halides is 3. The van der Waals surface area contributed by atoms with Crippen LogP contribution in [0, 0.1) is 0 Å². The van der Waals surface area contributed by atoms with Gasteiger partial charge in [-0.1, -0.05) is 19.6 Å². The summed E-state index contributed by atoms with van der Waals surface area (Å²) in [4.78, 5) is 160. The number of piperazine rings is 2. The third-order valence-corrected chi connectivity index (χ3v) is 17.3. The predicted molar refractivity (Wildman–Crippen MR) is 372 cm³/mol. The van der Waals surface area contributed by atoms with Gasteiger partial charge in [-0.15, -0.1) is 0 Å². The molecule has 3 aromatic carbocycles. The van der Waals surface area contributed by atoms with E-state index in [0.29, 0.717) is 67.3 Å². The Hall–Kier alpha value is -7.57. The molecular weight excluding hydrogens is 1380 g/mol. The summed E-state index contributed by atoms with van der Waals surface area (Å²) in [6.45, 7) is 21.2. The summed E-state index contributed by atoms with van der Waals surface area (Å²) in [5, 5.41) is 10.3. The Labute approximate surface area is 636 Å². The number of hydrogen-bond acceptors (Lipinski definition) is 19. The first-order valence-electron chi connectivity index (χ1n) is 32.9. The molecule has 8 amide bonds. The number of ether oxygens (including phenoxy) is 2. The van der Waals surface area contributed by atoms with Gasteiger partial charge in [0.15, 0.2) is 0 Å². The van der Waals surface area contributed by atoms with Gasteiger partial charge in [0.1, 0.15) is 35.6 Å². The fraction of sp³-hybridized carbons (Fsp3) is 0.544. The summed E-state index contributed by atoms with van der Waals surface area (Å²) in [5.74, 6) is -2.22. The molecule has 3 aromatic heterocycles. The number of halogens is 3. The maximum absolute atomic E-state index is 12.9. The van der Waals surface area contributed by atoms with Crippen molar-refractivity contribution < 1.29 is 122 Å². The maximum Gasteiger partial charge on any atom is 1.00 e. The van der Waals surface area contributed by atoms with Gasteiger partial charge in [0, 0.05) is 125 Å². The Kier molecular flexibility index (Phi) is 30.6. The summed E-state index contributed by atoms with van der Waals surface area (Å²) < 4.78 is 50.9. The van der Waals surface area contributed by atoms with E-state index >= 15 is 0 Å². The van der Waals surface area contributed by atoms with E-state index in [4.69, 9.17) is 14.3 Å². The topological polar surface area (TPSA) is 331 Å². The van der Waals surface area contributed by atoms with Crippen LogP contribution in [0.4, 0.5) is 22.8 Å². The second-order valence-corrected chi connectivity index (χ2v) is 27.0. The first-order chi connectivity index (χ1) is 46.6. The van der Waals surface area contributed by atoms with Crippen LogP contribution in [-0.4, -0.2) is 190 Å². The number of carbonyl (C=O) groups excluding carboxylic acids is 10. The Morgan fingerprint density at radius 3 is 1.16 bits per heavy atom. The van der Waals surface area contributed by atoms with E-state index < -0.39 is 53.9 Å². The number of piperidine rings is 4. The summed E-state index contributed by atoms with van der Waals surface area (Å²) in [6.07, 6.45) is -0.365. The van der Waals surface area contributed by atoms with Crippen molar-refractivity contribution in [1.29, 1.82) is 0 Å². The quantitative estimate of drug-likeness (QED) is 0.0554. The SMILES string of the molecule is C.CC(C)(C)OC(=O)N1CCCCC1.Cn1c(=O)n(C2CCC(=O)NC2=O)c2ccc(C=O)cc21.Cn1c(=O)n(C2CCC(=O)NC2=O)c2ccc(CN3CCN(C(=O)OC(C)(C)C)CC3)cc21.Cn1c(=O)n(C2CCC(=O)NC2=O)c2ccc(CN3CCNCC3)cc21.O=CC(F)(F)F.[K+].[SH-]. The summed E-state index contributed by atoms with van der Waals surface area (Å²) in [7, 11) is 5.00. The Morgan fingerprint density at radius 1 is 0.490 bits per heavy atom. The van der Waals surface area contributed by atoms with Crippen molar-refractivity contribution in [3.05, 3.63) is 103 Å². The molecule has 3 unspecified atom stereocenters. The molecule has 4 N–H and O–H groups in total. The summed E-state index contributed by atoms with van der Waals surface area (Å²) >= 11 is 0. The van der Waals surface area contributed by atoms with Gasteiger partial charge in [-0.3, -0.25) is 91.5 Å². The van der Waals surface area contributed by atoms with E-state index in [2.05, 4.69) is 31.1 Å². The van der Waals surface area contributed by atoms with Crippen LogP contribution in [0.2, 0.25) is 0 Å². The van der Waals surface area contributed by atoms with Crippen molar-refractivity contribution in [2.45, 2.75) is 155 Å². The van der Waals surface area contributed by atoms with Gasteiger partial charge < -0.3 is 38.1 Å². The van der Waals surface area contributed by atoms with Gasteiger partial charge in [0.2, 0.25) is 41.7 Å². The van der Waals surface area contributed by atoms with Gasteiger partial charge in [-0.2, -0.15) is 13.2 Å². The molecule has 6 aromatic rings. The molecule has 0 aliphatic carbocycles. The van der Waals surface area contributed by atoms with Gasteiger partial charge in [0.05, 0.1) is 33.1 Å². The summed E-state index contributed by atoms with van der Waals surface area (Å²) in [6, 6.07) is 14.6. The average molecular weight is 1470 g/mol. The third kappa shape index (κ3) is 22.0. The molecule has 0 bridgehead atoms. The number of likely N-dealkylation sites (tertiary alicyclic amines) is 1. The molecule has 34 heteroatoms. The fourth-order valence-electron chi connectivity index (χ4n) is 12.4. The second kappa shape index (κ2) is 36.7. The number of nitrogens with zero attached hydrogens (tertiary/aromatic N) is 10. The normalized spacial score (nSPS) is 19.0. The first kappa shape index (κ1) is 85.1. The molecule has 6 fully saturated rings. The smallest absolute Gasteiger partial charge is 0.813 e. The molecule has 6 saturated heterocycles. The number of rotatable bonds is 8. The van der Waals surface area contributed by atoms with Gasteiger partial charge in [0.25, 0.3) is 0 Å². The number of aryl methyl sites for hydroxylation is 3. The number of fused-ring (bicyclic) bond motifs is 3. The molecule has 12 rings (SSSR count). The zero-order valence-electron chi connectivity index (χ0n) is 58.6. The number of hydrogen-bond donors (Lipinski definition) is 4.